The van der Waals surface area contributed by atoms with Gasteiger partial charge in [-0.1, -0.05) is 32.5 Å². The van der Waals surface area contributed by atoms with Crippen molar-refractivity contribution in [2.24, 2.45) is 5.92 Å². The van der Waals surface area contributed by atoms with Crippen LogP contribution in [0.2, 0.25) is 0 Å². The number of hydrogen-bond donors (Lipinski definition) is 0. The van der Waals surface area contributed by atoms with Crippen molar-refractivity contribution in [1.82, 2.24) is 14.5 Å². The molecule has 0 fully saturated rings. The third-order valence-corrected chi connectivity index (χ3v) is 5.92. The van der Waals surface area contributed by atoms with Crippen LogP contribution in [0.5, 0.6) is 0 Å². The van der Waals surface area contributed by atoms with Gasteiger partial charge in [-0.3, -0.25) is 14.3 Å². The summed E-state index contributed by atoms with van der Waals surface area (Å²) in [7, 11) is 0. The number of pyridine rings is 1. The van der Waals surface area contributed by atoms with E-state index in [1.165, 1.54) is 28.6 Å². The Bertz CT molecular complexity index is 1060. The molecule has 1 atom stereocenters. The fraction of sp³-hybridized carbons (Fsp3) is 0.545. The fourth-order valence-electron chi connectivity index (χ4n) is 3.21. The first-order valence-electron chi connectivity index (χ1n) is 9.89. The molecule has 2 aromatic heterocycles. The number of halogens is 1. The molecule has 0 amide bonds. The van der Waals surface area contributed by atoms with Gasteiger partial charge in [0.15, 0.2) is 5.16 Å². The second-order valence-electron chi connectivity index (χ2n) is 9.55. The Hall–Kier alpha value is -2.24. The number of nitriles is 1. The van der Waals surface area contributed by atoms with E-state index >= 15 is 0 Å². The molecule has 0 saturated carbocycles. The van der Waals surface area contributed by atoms with Crippen LogP contribution in [0.4, 0.5) is 4.39 Å². The minimum atomic E-state index is -0.476. The van der Waals surface area contributed by atoms with E-state index in [0.29, 0.717) is 29.6 Å². The molecular formula is C22H27FN4O2S. The normalized spacial score (nSPS) is 16.8. The highest BCUT2D eigenvalue weighted by Crippen LogP contribution is 2.31. The van der Waals surface area contributed by atoms with Gasteiger partial charge in [-0.25, -0.2) is 9.37 Å². The summed E-state index contributed by atoms with van der Waals surface area (Å²) in [5.74, 6) is 0.419. The molecular weight excluding hydrogens is 403 g/mol. The van der Waals surface area contributed by atoms with Gasteiger partial charge < -0.3 is 4.74 Å². The number of nitrogens with zero attached hydrogens (tertiary/aromatic N) is 4. The van der Waals surface area contributed by atoms with Crippen molar-refractivity contribution in [3.05, 3.63) is 39.7 Å². The van der Waals surface area contributed by atoms with Crippen LogP contribution < -0.4 is 5.56 Å². The molecule has 3 rings (SSSR count). The van der Waals surface area contributed by atoms with Crippen molar-refractivity contribution in [2.75, 3.05) is 12.4 Å². The van der Waals surface area contributed by atoms with Crippen molar-refractivity contribution in [3.8, 4) is 17.3 Å². The van der Waals surface area contributed by atoms with Crippen LogP contribution in [-0.2, 0) is 16.7 Å². The zero-order valence-corrected chi connectivity index (χ0v) is 19.1. The van der Waals surface area contributed by atoms with Gasteiger partial charge in [0.2, 0.25) is 0 Å². The molecule has 6 nitrogen and oxygen atoms in total. The Morgan fingerprint density at radius 3 is 2.60 bits per heavy atom. The van der Waals surface area contributed by atoms with E-state index in [4.69, 9.17) is 4.74 Å². The molecule has 8 heteroatoms. The van der Waals surface area contributed by atoms with Crippen LogP contribution in [0.3, 0.4) is 0 Å². The molecule has 30 heavy (non-hydrogen) atoms. The summed E-state index contributed by atoms with van der Waals surface area (Å²) in [5.41, 5.74) is -0.383. The van der Waals surface area contributed by atoms with Crippen LogP contribution in [0, 0.1) is 23.1 Å². The molecule has 0 saturated heterocycles. The Morgan fingerprint density at radius 1 is 1.33 bits per heavy atom. The highest BCUT2D eigenvalue weighted by Gasteiger charge is 2.27. The predicted molar refractivity (Wildman–Crippen MR) is 115 cm³/mol. The molecule has 0 aromatic carbocycles. The summed E-state index contributed by atoms with van der Waals surface area (Å²) in [4.78, 5) is 21.8. The first kappa shape index (κ1) is 22.4. The highest BCUT2D eigenvalue weighted by molar-refractivity contribution is 7.99. The number of hydrogen-bond acceptors (Lipinski definition) is 6. The highest BCUT2D eigenvalue weighted by atomic mass is 32.2. The molecule has 1 aliphatic heterocycles. The van der Waals surface area contributed by atoms with Crippen molar-refractivity contribution in [1.29, 1.82) is 5.26 Å². The SMILES string of the molecule is CC(C)(C)OCC1CSc2nc(-c3cnc(C(C)(C)C)c(F)c3)c(C#N)c(=O)n2C1. The molecule has 0 bridgehead atoms. The Kier molecular flexibility index (Phi) is 6.08. The standard InChI is InChI=1S/C22H27FN4O2S/c1-21(2,3)18-16(23)7-14(9-25-18)17-15(8-24)19(28)27-10-13(11-29-22(4,5)6)12-30-20(27)26-17/h7,9,13H,10-12H2,1-6H3. The molecule has 0 aliphatic carbocycles. The van der Waals surface area contributed by atoms with E-state index in [2.05, 4.69) is 9.97 Å². The van der Waals surface area contributed by atoms with Crippen molar-refractivity contribution >= 4 is 11.8 Å². The van der Waals surface area contributed by atoms with Crippen LogP contribution in [0.1, 0.15) is 52.8 Å². The average molecular weight is 431 g/mol. The van der Waals surface area contributed by atoms with E-state index in [-0.39, 0.29) is 22.8 Å². The third-order valence-electron chi connectivity index (χ3n) is 4.71. The second kappa shape index (κ2) is 8.12. The summed E-state index contributed by atoms with van der Waals surface area (Å²) >= 11 is 1.45. The van der Waals surface area contributed by atoms with Crippen molar-refractivity contribution < 1.29 is 9.13 Å². The summed E-state index contributed by atoms with van der Waals surface area (Å²) < 4.78 is 22.1. The van der Waals surface area contributed by atoms with Gasteiger partial charge in [0.05, 0.1) is 23.6 Å². The van der Waals surface area contributed by atoms with E-state index in [0.717, 1.165) is 5.75 Å². The van der Waals surface area contributed by atoms with Gasteiger partial charge in [-0.15, -0.1) is 0 Å². The van der Waals surface area contributed by atoms with Crippen molar-refractivity contribution in [3.63, 3.8) is 0 Å². The van der Waals surface area contributed by atoms with E-state index in [9.17, 15) is 14.4 Å². The van der Waals surface area contributed by atoms with E-state index < -0.39 is 16.8 Å². The third kappa shape index (κ3) is 4.73. The van der Waals surface area contributed by atoms with E-state index in [1.54, 1.807) is 0 Å². The van der Waals surface area contributed by atoms with Crippen LogP contribution in [0.15, 0.2) is 22.2 Å². The quantitative estimate of drug-likeness (QED) is 0.681. The maximum atomic E-state index is 14.7. The zero-order chi connectivity index (χ0) is 22.3. The molecule has 0 N–H and O–H groups in total. The van der Waals surface area contributed by atoms with Gasteiger partial charge in [-0.2, -0.15) is 5.26 Å². The lowest BCUT2D eigenvalue weighted by Crippen LogP contribution is -2.36. The zero-order valence-electron chi connectivity index (χ0n) is 18.2. The first-order valence-corrected chi connectivity index (χ1v) is 10.9. The molecule has 0 radical (unpaired) electrons. The molecule has 0 spiro atoms. The number of aromatic nitrogens is 3. The van der Waals surface area contributed by atoms with Gasteiger partial charge in [0, 0.05) is 35.4 Å². The topological polar surface area (TPSA) is 80.8 Å². The summed E-state index contributed by atoms with van der Waals surface area (Å²) in [6, 6.07) is 3.27. The molecule has 3 heterocycles. The lowest BCUT2D eigenvalue weighted by Gasteiger charge is -2.28. The molecule has 1 unspecified atom stereocenters. The Labute approximate surface area is 180 Å². The smallest absolute Gasteiger partial charge is 0.272 e. The summed E-state index contributed by atoms with van der Waals surface area (Å²) in [5, 5.41) is 10.2. The number of fused-ring (bicyclic) bond motifs is 1. The maximum absolute atomic E-state index is 14.7. The lowest BCUT2D eigenvalue weighted by atomic mass is 9.90. The van der Waals surface area contributed by atoms with Crippen molar-refractivity contribution in [2.45, 2.75) is 64.3 Å². The van der Waals surface area contributed by atoms with Gasteiger partial charge >= 0.3 is 0 Å². The molecule has 2 aromatic rings. The molecule has 160 valence electrons. The lowest BCUT2D eigenvalue weighted by molar-refractivity contribution is -0.0220. The second-order valence-corrected chi connectivity index (χ2v) is 10.5. The maximum Gasteiger partial charge on any atom is 0.272 e. The van der Waals surface area contributed by atoms with Crippen LogP contribution in [-0.4, -0.2) is 32.5 Å². The summed E-state index contributed by atoms with van der Waals surface area (Å²) in [6.45, 7) is 12.6. The fourth-order valence-corrected chi connectivity index (χ4v) is 4.26. The van der Waals surface area contributed by atoms with Crippen LogP contribution >= 0.6 is 11.8 Å². The average Bonchev–Trinajstić information content (AvgIpc) is 2.64. The summed E-state index contributed by atoms with van der Waals surface area (Å²) in [6.07, 6.45) is 1.48. The first-order chi connectivity index (χ1) is 13.9. The monoisotopic (exact) mass is 430 g/mol. The molecule has 1 aliphatic rings. The Balaban J connectivity index is 1.99. The minimum Gasteiger partial charge on any atom is -0.375 e. The minimum absolute atomic E-state index is 0.0959. The van der Waals surface area contributed by atoms with Gasteiger partial charge in [0.1, 0.15) is 17.4 Å². The number of ether oxygens (including phenoxy) is 1. The van der Waals surface area contributed by atoms with Gasteiger partial charge in [-0.05, 0) is 26.8 Å². The van der Waals surface area contributed by atoms with Gasteiger partial charge in [0.25, 0.3) is 5.56 Å². The van der Waals surface area contributed by atoms with E-state index in [1.807, 2.05) is 47.6 Å². The number of rotatable bonds is 3. The Morgan fingerprint density at radius 2 is 2.03 bits per heavy atom. The predicted octanol–water partition coefficient (Wildman–Crippen LogP) is 4.15. The number of thioether (sulfide) groups is 1. The van der Waals surface area contributed by atoms with Crippen LogP contribution in [0.25, 0.3) is 11.3 Å². The largest absolute Gasteiger partial charge is 0.375 e.